The maximum atomic E-state index is 12.6. The molecule has 118 valence electrons. The third-order valence-corrected chi connectivity index (χ3v) is 3.13. The molecule has 0 atom stereocenters. The van der Waals surface area contributed by atoms with Crippen molar-refractivity contribution < 1.29 is 14.3 Å². The van der Waals surface area contributed by atoms with E-state index in [-0.39, 0.29) is 5.76 Å². The van der Waals surface area contributed by atoms with Gasteiger partial charge in [-0.2, -0.15) is 0 Å². The first-order chi connectivity index (χ1) is 11.0. The van der Waals surface area contributed by atoms with Crippen LogP contribution < -0.4 is 0 Å². The highest BCUT2D eigenvalue weighted by molar-refractivity contribution is 6.31. The smallest absolute Gasteiger partial charge is 0.343 e. The average Bonchev–Trinajstić information content (AvgIpc) is 2.54. The van der Waals surface area contributed by atoms with Gasteiger partial charge in [0, 0.05) is 30.9 Å². The van der Waals surface area contributed by atoms with Crippen LogP contribution in [0.2, 0.25) is 5.02 Å². The molecule has 23 heavy (non-hydrogen) atoms. The minimum atomic E-state index is -0.589. The number of rotatable bonds is 5. The van der Waals surface area contributed by atoms with Crippen molar-refractivity contribution in [2.24, 2.45) is 0 Å². The highest BCUT2D eigenvalue weighted by Gasteiger charge is 2.19. The van der Waals surface area contributed by atoms with Gasteiger partial charge >= 0.3 is 5.97 Å². The van der Waals surface area contributed by atoms with Gasteiger partial charge in [0.2, 0.25) is 5.78 Å². The molecule has 0 radical (unpaired) electrons. The third-order valence-electron chi connectivity index (χ3n) is 2.90. The molecule has 2 aromatic rings. The molecule has 0 aromatic heterocycles. The fourth-order valence-corrected chi connectivity index (χ4v) is 2.06. The molecule has 0 fully saturated rings. The average molecular weight is 330 g/mol. The Morgan fingerprint density at radius 3 is 2.26 bits per heavy atom. The maximum Gasteiger partial charge on any atom is 0.343 e. The Balaban J connectivity index is 2.28. The van der Waals surface area contributed by atoms with Crippen molar-refractivity contribution >= 4 is 23.4 Å². The summed E-state index contributed by atoms with van der Waals surface area (Å²) in [6.07, 6.45) is 1.46. The SMILES string of the molecule is CN(C)/C=C(\OC(=O)c1ccccc1)C(=O)c1cccc(Cl)c1. The van der Waals surface area contributed by atoms with E-state index in [0.29, 0.717) is 16.1 Å². The number of hydrogen-bond donors (Lipinski definition) is 0. The fourth-order valence-electron chi connectivity index (χ4n) is 1.87. The van der Waals surface area contributed by atoms with Gasteiger partial charge < -0.3 is 9.64 Å². The number of Topliss-reactive ketones (excluding diaryl/α,β-unsaturated/α-hetero) is 1. The van der Waals surface area contributed by atoms with Gasteiger partial charge in [0.1, 0.15) is 0 Å². The minimum absolute atomic E-state index is 0.0638. The summed E-state index contributed by atoms with van der Waals surface area (Å²) < 4.78 is 5.29. The van der Waals surface area contributed by atoms with Gasteiger partial charge in [-0.1, -0.05) is 41.9 Å². The Labute approximate surface area is 139 Å². The van der Waals surface area contributed by atoms with Gasteiger partial charge in [-0.25, -0.2) is 4.79 Å². The van der Waals surface area contributed by atoms with E-state index in [1.165, 1.54) is 12.3 Å². The topological polar surface area (TPSA) is 46.6 Å². The molecule has 0 saturated heterocycles. The predicted octanol–water partition coefficient (Wildman–Crippen LogP) is 3.78. The Bertz CT molecular complexity index is 739. The number of ketones is 1. The summed E-state index contributed by atoms with van der Waals surface area (Å²) in [6.45, 7) is 0. The lowest BCUT2D eigenvalue weighted by Gasteiger charge is -2.12. The van der Waals surface area contributed by atoms with E-state index in [9.17, 15) is 9.59 Å². The van der Waals surface area contributed by atoms with E-state index in [0.717, 1.165) is 0 Å². The van der Waals surface area contributed by atoms with Gasteiger partial charge in [-0.05, 0) is 24.3 Å². The van der Waals surface area contributed by atoms with Crippen molar-refractivity contribution in [1.82, 2.24) is 4.90 Å². The van der Waals surface area contributed by atoms with E-state index < -0.39 is 11.8 Å². The number of benzene rings is 2. The number of carbonyl (C=O) groups excluding carboxylic acids is 2. The molecule has 0 bridgehead atoms. The molecule has 0 spiro atoms. The molecule has 0 N–H and O–H groups in total. The number of nitrogens with zero attached hydrogens (tertiary/aromatic N) is 1. The second-order valence-corrected chi connectivity index (χ2v) is 5.49. The molecule has 0 aliphatic heterocycles. The van der Waals surface area contributed by atoms with Crippen LogP contribution in [0.3, 0.4) is 0 Å². The molecule has 0 amide bonds. The van der Waals surface area contributed by atoms with Crippen LogP contribution >= 0.6 is 11.6 Å². The zero-order valence-corrected chi connectivity index (χ0v) is 13.6. The van der Waals surface area contributed by atoms with Gasteiger partial charge in [-0.15, -0.1) is 0 Å². The van der Waals surface area contributed by atoms with Gasteiger partial charge in [0.15, 0.2) is 5.76 Å². The minimum Gasteiger partial charge on any atom is -0.417 e. The number of ether oxygens (including phenoxy) is 1. The lowest BCUT2D eigenvalue weighted by atomic mass is 10.1. The molecule has 2 aromatic carbocycles. The van der Waals surface area contributed by atoms with Crippen LogP contribution in [0, 0.1) is 0 Å². The number of allylic oxidation sites excluding steroid dienone is 1. The molecule has 4 nitrogen and oxygen atoms in total. The van der Waals surface area contributed by atoms with Gasteiger partial charge in [0.25, 0.3) is 0 Å². The van der Waals surface area contributed by atoms with E-state index >= 15 is 0 Å². The lowest BCUT2D eigenvalue weighted by molar-refractivity contribution is 0.0583. The molecular weight excluding hydrogens is 314 g/mol. The standard InChI is InChI=1S/C18H16ClNO3/c1-20(2)12-16(17(21)14-9-6-10-15(19)11-14)23-18(22)13-7-4-3-5-8-13/h3-12H,1-2H3/b16-12-. The van der Waals surface area contributed by atoms with Crippen LogP contribution in [0.5, 0.6) is 0 Å². The van der Waals surface area contributed by atoms with Crippen molar-refractivity contribution in [3.05, 3.63) is 82.7 Å². The zero-order valence-electron chi connectivity index (χ0n) is 12.8. The van der Waals surface area contributed by atoms with Crippen molar-refractivity contribution in [2.45, 2.75) is 0 Å². The Kier molecular flexibility index (Phi) is 5.55. The molecular formula is C18H16ClNO3. The third kappa shape index (κ3) is 4.69. The van der Waals surface area contributed by atoms with Gasteiger partial charge in [0.05, 0.1) is 5.56 Å². The van der Waals surface area contributed by atoms with Crippen LogP contribution in [0.1, 0.15) is 20.7 Å². The van der Waals surface area contributed by atoms with Crippen LogP contribution in [-0.2, 0) is 4.74 Å². The second kappa shape index (κ2) is 7.61. The van der Waals surface area contributed by atoms with Crippen LogP contribution in [0.15, 0.2) is 66.6 Å². The molecule has 2 rings (SSSR count). The van der Waals surface area contributed by atoms with Crippen LogP contribution in [0.4, 0.5) is 0 Å². The van der Waals surface area contributed by atoms with E-state index in [2.05, 4.69) is 0 Å². The fraction of sp³-hybridized carbons (Fsp3) is 0.111. The van der Waals surface area contributed by atoms with Crippen molar-refractivity contribution in [3.8, 4) is 0 Å². The van der Waals surface area contributed by atoms with E-state index in [1.807, 2.05) is 0 Å². The molecule has 0 unspecified atom stereocenters. The largest absolute Gasteiger partial charge is 0.417 e. The second-order valence-electron chi connectivity index (χ2n) is 5.05. The zero-order chi connectivity index (χ0) is 16.8. The Morgan fingerprint density at radius 2 is 1.65 bits per heavy atom. The molecule has 0 aliphatic carbocycles. The molecule has 0 saturated carbocycles. The highest BCUT2D eigenvalue weighted by Crippen LogP contribution is 2.17. The number of carbonyl (C=O) groups is 2. The molecule has 5 heteroatoms. The monoisotopic (exact) mass is 329 g/mol. The lowest BCUT2D eigenvalue weighted by Crippen LogP contribution is -2.16. The molecule has 0 aliphatic rings. The van der Waals surface area contributed by atoms with E-state index in [4.69, 9.17) is 16.3 Å². The first kappa shape index (κ1) is 16.8. The summed E-state index contributed by atoms with van der Waals surface area (Å²) in [5.41, 5.74) is 0.725. The van der Waals surface area contributed by atoms with Crippen LogP contribution in [-0.4, -0.2) is 30.7 Å². The maximum absolute atomic E-state index is 12.6. The summed E-state index contributed by atoms with van der Waals surface area (Å²) >= 11 is 5.91. The Hall–Kier alpha value is -2.59. The van der Waals surface area contributed by atoms with Crippen molar-refractivity contribution in [1.29, 1.82) is 0 Å². The predicted molar refractivity (Wildman–Crippen MR) is 89.4 cm³/mol. The molecule has 0 heterocycles. The highest BCUT2D eigenvalue weighted by atomic mass is 35.5. The summed E-state index contributed by atoms with van der Waals surface area (Å²) in [6, 6.07) is 15.0. The summed E-state index contributed by atoms with van der Waals surface area (Å²) in [4.78, 5) is 26.4. The normalized spacial score (nSPS) is 11.0. The van der Waals surface area contributed by atoms with E-state index in [1.54, 1.807) is 67.5 Å². The number of hydrogen-bond acceptors (Lipinski definition) is 4. The van der Waals surface area contributed by atoms with Crippen LogP contribution in [0.25, 0.3) is 0 Å². The number of esters is 1. The first-order valence-electron chi connectivity index (χ1n) is 6.93. The summed E-state index contributed by atoms with van der Waals surface area (Å²) in [5, 5.41) is 0.439. The summed E-state index contributed by atoms with van der Waals surface area (Å²) in [7, 11) is 3.48. The van der Waals surface area contributed by atoms with Crippen molar-refractivity contribution in [2.75, 3.05) is 14.1 Å². The summed E-state index contributed by atoms with van der Waals surface area (Å²) in [5.74, 6) is -1.06. The van der Waals surface area contributed by atoms with Gasteiger partial charge in [-0.3, -0.25) is 4.79 Å². The number of halogens is 1. The first-order valence-corrected chi connectivity index (χ1v) is 7.31. The quantitative estimate of drug-likeness (QED) is 0.362. The van der Waals surface area contributed by atoms with Crippen molar-refractivity contribution in [3.63, 3.8) is 0 Å². The Morgan fingerprint density at radius 1 is 1.00 bits per heavy atom.